The predicted molar refractivity (Wildman–Crippen MR) is 102 cm³/mol. The summed E-state index contributed by atoms with van der Waals surface area (Å²) in [6.07, 6.45) is 3.95. The number of amides is 1. The van der Waals surface area contributed by atoms with E-state index in [9.17, 15) is 9.18 Å². The summed E-state index contributed by atoms with van der Waals surface area (Å²) in [5, 5.41) is 6.96. The maximum atomic E-state index is 13.6. The minimum absolute atomic E-state index is 0.0629. The number of hydrogen-bond acceptors (Lipinski definition) is 5. The van der Waals surface area contributed by atoms with Gasteiger partial charge >= 0.3 is 0 Å². The molecule has 5 nitrogen and oxygen atoms in total. The van der Waals surface area contributed by atoms with Gasteiger partial charge < -0.3 is 9.84 Å². The van der Waals surface area contributed by atoms with E-state index in [-0.39, 0.29) is 5.56 Å². The second-order valence-corrected chi connectivity index (χ2v) is 7.01. The van der Waals surface area contributed by atoms with E-state index in [2.05, 4.69) is 15.5 Å². The number of nitrogens with one attached hydrogen (secondary N) is 1. The van der Waals surface area contributed by atoms with Crippen molar-refractivity contribution in [3.05, 3.63) is 77.5 Å². The van der Waals surface area contributed by atoms with Crippen molar-refractivity contribution < 1.29 is 13.7 Å². The monoisotopic (exact) mass is 399 g/mol. The Labute approximate surface area is 162 Å². The molecule has 0 spiro atoms. The number of halogens is 2. The number of thiophene rings is 1. The highest BCUT2D eigenvalue weighted by atomic mass is 35.5. The normalized spacial score (nSPS) is 10.7. The first-order valence-electron chi connectivity index (χ1n) is 7.83. The molecule has 0 unspecified atom stereocenters. The lowest BCUT2D eigenvalue weighted by Crippen LogP contribution is -2.13. The summed E-state index contributed by atoms with van der Waals surface area (Å²) in [6, 6.07) is 12.1. The largest absolute Gasteiger partial charge is 0.355 e. The van der Waals surface area contributed by atoms with Crippen LogP contribution in [0, 0.1) is 5.82 Å². The Morgan fingerprint density at radius 3 is 2.67 bits per heavy atom. The van der Waals surface area contributed by atoms with Gasteiger partial charge in [-0.25, -0.2) is 4.39 Å². The molecule has 0 aliphatic heterocycles. The molecule has 3 aromatic heterocycles. The zero-order chi connectivity index (χ0) is 18.8. The standard InChI is InChI=1S/C19H11ClFN3O2S/c20-14-9-17(16-6-8-23-26-16)27-18(14)11-1-3-12(4-2-11)24-19(25)13-5-7-22-10-15(13)21/h1-10H,(H,24,25). The summed E-state index contributed by atoms with van der Waals surface area (Å²) in [5.41, 5.74) is 1.37. The Balaban J connectivity index is 1.55. The highest BCUT2D eigenvalue weighted by molar-refractivity contribution is 7.19. The molecule has 1 N–H and O–H groups in total. The lowest BCUT2D eigenvalue weighted by Gasteiger charge is -2.07. The van der Waals surface area contributed by atoms with Gasteiger partial charge in [0.1, 0.15) is 0 Å². The van der Waals surface area contributed by atoms with Gasteiger partial charge in [0.15, 0.2) is 11.6 Å². The molecule has 0 radical (unpaired) electrons. The highest BCUT2D eigenvalue weighted by Gasteiger charge is 2.14. The van der Waals surface area contributed by atoms with Gasteiger partial charge in [0, 0.05) is 18.0 Å². The summed E-state index contributed by atoms with van der Waals surface area (Å²) in [4.78, 5) is 17.5. The summed E-state index contributed by atoms with van der Waals surface area (Å²) < 4.78 is 18.8. The number of pyridine rings is 1. The first kappa shape index (κ1) is 17.4. The van der Waals surface area contributed by atoms with Gasteiger partial charge in [-0.05, 0) is 29.8 Å². The van der Waals surface area contributed by atoms with Crippen LogP contribution in [0.25, 0.3) is 21.1 Å². The lowest BCUT2D eigenvalue weighted by atomic mass is 10.1. The van der Waals surface area contributed by atoms with Gasteiger partial charge in [0.05, 0.1) is 32.7 Å². The Morgan fingerprint density at radius 1 is 1.15 bits per heavy atom. The molecule has 0 saturated carbocycles. The molecule has 0 aliphatic rings. The Hall–Kier alpha value is -3.03. The van der Waals surface area contributed by atoms with Crippen molar-refractivity contribution in [2.24, 2.45) is 0 Å². The van der Waals surface area contributed by atoms with Gasteiger partial charge in [0.25, 0.3) is 5.91 Å². The van der Waals surface area contributed by atoms with Crippen LogP contribution in [0.1, 0.15) is 10.4 Å². The molecule has 0 saturated heterocycles. The quantitative estimate of drug-likeness (QED) is 0.491. The van der Waals surface area contributed by atoms with E-state index in [0.717, 1.165) is 21.5 Å². The van der Waals surface area contributed by atoms with Crippen LogP contribution in [0.3, 0.4) is 0 Å². The van der Waals surface area contributed by atoms with Crippen LogP contribution in [0.2, 0.25) is 5.02 Å². The third-order valence-electron chi connectivity index (χ3n) is 3.79. The van der Waals surface area contributed by atoms with Gasteiger partial charge in [-0.1, -0.05) is 28.9 Å². The Morgan fingerprint density at radius 2 is 1.96 bits per heavy atom. The molecule has 4 aromatic rings. The van der Waals surface area contributed by atoms with Crippen molar-refractivity contribution in [3.8, 4) is 21.1 Å². The van der Waals surface area contributed by atoms with Crippen LogP contribution in [0.4, 0.5) is 10.1 Å². The van der Waals surface area contributed by atoms with E-state index < -0.39 is 11.7 Å². The maximum Gasteiger partial charge on any atom is 0.258 e. The molecule has 0 atom stereocenters. The minimum atomic E-state index is -0.670. The van der Waals surface area contributed by atoms with E-state index in [0.29, 0.717) is 16.5 Å². The van der Waals surface area contributed by atoms with Crippen molar-refractivity contribution in [2.75, 3.05) is 5.32 Å². The first-order chi connectivity index (χ1) is 13.1. The van der Waals surface area contributed by atoms with Crippen LogP contribution in [0.5, 0.6) is 0 Å². The number of hydrogen-bond donors (Lipinski definition) is 1. The third kappa shape index (κ3) is 3.60. The van der Waals surface area contributed by atoms with Gasteiger partial charge in [0.2, 0.25) is 0 Å². The zero-order valence-electron chi connectivity index (χ0n) is 13.6. The van der Waals surface area contributed by atoms with E-state index >= 15 is 0 Å². The average molecular weight is 400 g/mol. The fraction of sp³-hybridized carbons (Fsp3) is 0. The van der Waals surface area contributed by atoms with Crippen LogP contribution in [0.15, 0.2) is 65.6 Å². The fourth-order valence-electron chi connectivity index (χ4n) is 2.49. The van der Waals surface area contributed by atoms with E-state index in [1.165, 1.54) is 23.6 Å². The lowest BCUT2D eigenvalue weighted by molar-refractivity contribution is 0.102. The summed E-state index contributed by atoms with van der Waals surface area (Å²) in [5.74, 6) is -0.558. The smallest absolute Gasteiger partial charge is 0.258 e. The number of carbonyl (C=O) groups excluding carboxylic acids is 1. The highest BCUT2D eigenvalue weighted by Crippen LogP contribution is 2.41. The van der Waals surface area contributed by atoms with Crippen LogP contribution in [-0.2, 0) is 0 Å². The molecule has 27 heavy (non-hydrogen) atoms. The van der Waals surface area contributed by atoms with E-state index in [1.54, 1.807) is 24.4 Å². The number of nitrogens with zero attached hydrogens (tertiary/aromatic N) is 2. The molecule has 3 heterocycles. The summed E-state index contributed by atoms with van der Waals surface area (Å²) in [7, 11) is 0. The second kappa shape index (κ2) is 7.30. The van der Waals surface area contributed by atoms with Crippen molar-refractivity contribution in [2.45, 2.75) is 0 Å². The van der Waals surface area contributed by atoms with Crippen molar-refractivity contribution >= 4 is 34.5 Å². The maximum absolute atomic E-state index is 13.6. The number of benzene rings is 1. The van der Waals surface area contributed by atoms with Gasteiger partial charge in [-0.2, -0.15) is 0 Å². The van der Waals surface area contributed by atoms with Crippen LogP contribution < -0.4 is 5.32 Å². The number of aromatic nitrogens is 2. The molecule has 1 amide bonds. The number of rotatable bonds is 4. The topological polar surface area (TPSA) is 68.0 Å². The minimum Gasteiger partial charge on any atom is -0.355 e. The van der Waals surface area contributed by atoms with E-state index in [1.807, 2.05) is 18.2 Å². The van der Waals surface area contributed by atoms with Crippen LogP contribution >= 0.6 is 22.9 Å². The summed E-state index contributed by atoms with van der Waals surface area (Å²) >= 11 is 7.83. The van der Waals surface area contributed by atoms with Crippen molar-refractivity contribution in [3.63, 3.8) is 0 Å². The molecular weight excluding hydrogens is 389 g/mol. The molecule has 0 fully saturated rings. The molecule has 0 aliphatic carbocycles. The molecule has 8 heteroatoms. The first-order valence-corrected chi connectivity index (χ1v) is 9.03. The average Bonchev–Trinajstić information content (AvgIpc) is 3.32. The number of anilines is 1. The van der Waals surface area contributed by atoms with Gasteiger partial charge in [-0.15, -0.1) is 11.3 Å². The Bertz CT molecular complexity index is 1090. The molecular formula is C19H11ClFN3O2S. The van der Waals surface area contributed by atoms with Crippen LogP contribution in [-0.4, -0.2) is 16.0 Å². The zero-order valence-corrected chi connectivity index (χ0v) is 15.2. The Kier molecular flexibility index (Phi) is 4.70. The summed E-state index contributed by atoms with van der Waals surface area (Å²) in [6.45, 7) is 0. The van der Waals surface area contributed by atoms with Gasteiger partial charge in [-0.3, -0.25) is 9.78 Å². The van der Waals surface area contributed by atoms with E-state index in [4.69, 9.17) is 16.1 Å². The second-order valence-electron chi connectivity index (χ2n) is 5.55. The molecule has 4 rings (SSSR count). The molecule has 0 bridgehead atoms. The molecule has 1 aromatic carbocycles. The van der Waals surface area contributed by atoms with Crippen molar-refractivity contribution in [1.82, 2.24) is 10.1 Å². The number of carbonyl (C=O) groups is 1. The van der Waals surface area contributed by atoms with Crippen molar-refractivity contribution in [1.29, 1.82) is 0 Å². The fourth-order valence-corrected chi connectivity index (χ4v) is 3.90. The molecule has 134 valence electrons. The predicted octanol–water partition coefficient (Wildman–Crippen LogP) is 5.51. The SMILES string of the molecule is O=C(Nc1ccc(-c2sc(-c3ccno3)cc2Cl)cc1)c1ccncc1F. The third-order valence-corrected chi connectivity index (χ3v) is 5.40.